The number of carbonyl (C=O) groups is 1. The highest BCUT2D eigenvalue weighted by atomic mass is 32.2. The third-order valence-corrected chi connectivity index (χ3v) is 4.05. The van der Waals surface area contributed by atoms with Crippen LogP contribution in [0.25, 0.3) is 0 Å². The number of benzene rings is 1. The number of esters is 1. The van der Waals surface area contributed by atoms with E-state index in [2.05, 4.69) is 29.0 Å². The van der Waals surface area contributed by atoms with Crippen LogP contribution in [0.15, 0.2) is 41.8 Å². The highest BCUT2D eigenvalue weighted by Gasteiger charge is 2.18. The van der Waals surface area contributed by atoms with E-state index in [0.29, 0.717) is 30.0 Å². The van der Waals surface area contributed by atoms with E-state index in [-0.39, 0.29) is 18.5 Å². The molecule has 1 unspecified atom stereocenters. The predicted molar refractivity (Wildman–Crippen MR) is 92.7 cm³/mol. The van der Waals surface area contributed by atoms with Crippen LogP contribution in [0.4, 0.5) is 0 Å². The average molecular weight is 349 g/mol. The lowest BCUT2D eigenvalue weighted by atomic mass is 10.1. The van der Waals surface area contributed by atoms with Gasteiger partial charge in [0.25, 0.3) is 0 Å². The number of thioether (sulfide) groups is 1. The third-order valence-electron chi connectivity index (χ3n) is 3.11. The van der Waals surface area contributed by atoms with Crippen molar-refractivity contribution >= 4 is 17.7 Å². The second-order valence-corrected chi connectivity index (χ2v) is 6.72. The van der Waals surface area contributed by atoms with E-state index in [1.54, 1.807) is 0 Å². The largest absolute Gasteiger partial charge is 0.457 e. The Morgan fingerprint density at radius 3 is 2.75 bits per heavy atom. The number of rotatable bonds is 10. The first-order chi connectivity index (χ1) is 11.6. The summed E-state index contributed by atoms with van der Waals surface area (Å²) in [6.07, 6.45) is 1.37. The zero-order chi connectivity index (χ0) is 17.2. The van der Waals surface area contributed by atoms with Crippen LogP contribution in [-0.4, -0.2) is 40.1 Å². The molecule has 0 bridgehead atoms. The molecule has 0 fully saturated rings. The Bertz CT molecular complexity index is 590. The minimum atomic E-state index is -0.334. The first-order valence-corrected chi connectivity index (χ1v) is 8.94. The van der Waals surface area contributed by atoms with Gasteiger partial charge < -0.3 is 9.47 Å². The molecule has 0 radical (unpaired) electrons. The van der Waals surface area contributed by atoms with Gasteiger partial charge in [-0.15, -0.1) is 0 Å². The fraction of sp³-hybridized carbons (Fsp3) is 0.471. The van der Waals surface area contributed by atoms with Crippen LogP contribution in [0.3, 0.4) is 0 Å². The van der Waals surface area contributed by atoms with E-state index in [0.717, 1.165) is 5.56 Å². The summed E-state index contributed by atoms with van der Waals surface area (Å²) in [5.41, 5.74) is 0.959. The van der Waals surface area contributed by atoms with Crippen molar-refractivity contribution in [1.29, 1.82) is 0 Å². The normalized spacial score (nSPS) is 12.3. The molecule has 0 saturated carbocycles. The predicted octanol–water partition coefficient (Wildman–Crippen LogP) is 3.24. The fourth-order valence-electron chi connectivity index (χ4n) is 1.98. The Labute approximate surface area is 146 Å². The van der Waals surface area contributed by atoms with Gasteiger partial charge in [0.2, 0.25) is 0 Å². The van der Waals surface area contributed by atoms with Gasteiger partial charge >= 0.3 is 5.97 Å². The molecule has 6 nitrogen and oxygen atoms in total. The molecule has 1 N–H and O–H groups in total. The zero-order valence-corrected chi connectivity index (χ0v) is 14.8. The van der Waals surface area contributed by atoms with Crippen molar-refractivity contribution in [3.05, 3.63) is 42.2 Å². The maximum Gasteiger partial charge on any atom is 0.308 e. The van der Waals surface area contributed by atoms with E-state index in [4.69, 9.17) is 9.47 Å². The highest BCUT2D eigenvalue weighted by molar-refractivity contribution is 7.99. The standard InChI is InChI=1S/C17H23N3O3S/c1-13(2)10-22-9-8-16(21)23-15(14-6-4-3-5-7-14)11-24-17-18-12-19-20-17/h3-7,12-13,15H,8-11H2,1-2H3,(H,18,19,20). The van der Waals surface area contributed by atoms with Gasteiger partial charge in [-0.2, -0.15) is 5.10 Å². The summed E-state index contributed by atoms with van der Waals surface area (Å²) < 4.78 is 11.1. The van der Waals surface area contributed by atoms with E-state index >= 15 is 0 Å². The van der Waals surface area contributed by atoms with Crippen molar-refractivity contribution in [2.75, 3.05) is 19.0 Å². The molecule has 0 saturated heterocycles. The van der Waals surface area contributed by atoms with Gasteiger partial charge in [0.1, 0.15) is 12.4 Å². The van der Waals surface area contributed by atoms with Gasteiger partial charge in [0.15, 0.2) is 5.16 Å². The lowest BCUT2D eigenvalue weighted by Crippen LogP contribution is -2.16. The first-order valence-electron chi connectivity index (χ1n) is 7.95. The van der Waals surface area contributed by atoms with Crippen molar-refractivity contribution < 1.29 is 14.3 Å². The second-order valence-electron chi connectivity index (χ2n) is 5.71. The summed E-state index contributed by atoms with van der Waals surface area (Å²) in [6, 6.07) is 9.70. The molecule has 24 heavy (non-hydrogen) atoms. The number of aromatic nitrogens is 3. The number of H-pyrrole nitrogens is 1. The molecule has 0 aliphatic rings. The van der Waals surface area contributed by atoms with Crippen molar-refractivity contribution in [1.82, 2.24) is 15.2 Å². The van der Waals surface area contributed by atoms with Gasteiger partial charge in [-0.3, -0.25) is 9.89 Å². The van der Waals surface area contributed by atoms with Crippen LogP contribution in [0.1, 0.15) is 31.9 Å². The second kappa shape index (κ2) is 10.1. The lowest BCUT2D eigenvalue weighted by molar-refractivity contribution is -0.149. The summed E-state index contributed by atoms with van der Waals surface area (Å²) in [5, 5.41) is 7.31. The summed E-state index contributed by atoms with van der Waals surface area (Å²) in [7, 11) is 0. The number of ether oxygens (including phenoxy) is 2. The third kappa shape index (κ3) is 6.72. The van der Waals surface area contributed by atoms with E-state index in [1.807, 2.05) is 30.3 Å². The molecular weight excluding hydrogens is 326 g/mol. The molecule has 130 valence electrons. The van der Waals surface area contributed by atoms with Crippen molar-refractivity contribution in [3.8, 4) is 0 Å². The molecule has 1 heterocycles. The molecule has 1 aromatic heterocycles. The summed E-state index contributed by atoms with van der Waals surface area (Å²) in [4.78, 5) is 16.2. The van der Waals surface area contributed by atoms with Crippen LogP contribution >= 0.6 is 11.8 Å². The first kappa shape index (κ1) is 18.5. The molecule has 0 aliphatic carbocycles. The van der Waals surface area contributed by atoms with Gasteiger partial charge in [-0.1, -0.05) is 55.9 Å². The topological polar surface area (TPSA) is 77.1 Å². The van der Waals surface area contributed by atoms with Crippen LogP contribution in [0.5, 0.6) is 0 Å². The summed E-state index contributed by atoms with van der Waals surface area (Å²) in [6.45, 7) is 5.18. The molecule has 2 aromatic rings. The molecule has 7 heteroatoms. The van der Waals surface area contributed by atoms with Gasteiger partial charge in [-0.05, 0) is 11.5 Å². The molecule has 1 atom stereocenters. The molecular formula is C17H23N3O3S. The maximum absolute atomic E-state index is 12.1. The average Bonchev–Trinajstić information content (AvgIpc) is 3.09. The maximum atomic E-state index is 12.1. The fourth-order valence-corrected chi connectivity index (χ4v) is 2.79. The SMILES string of the molecule is CC(C)COCCC(=O)OC(CSc1ncn[nH]1)c1ccccc1. The smallest absolute Gasteiger partial charge is 0.308 e. The van der Waals surface area contributed by atoms with Crippen LogP contribution in [0.2, 0.25) is 0 Å². The number of aromatic amines is 1. The van der Waals surface area contributed by atoms with Crippen molar-refractivity contribution in [3.63, 3.8) is 0 Å². The molecule has 0 aliphatic heterocycles. The summed E-state index contributed by atoms with van der Waals surface area (Å²) in [5.74, 6) is 0.764. The Hall–Kier alpha value is -1.86. The van der Waals surface area contributed by atoms with Gasteiger partial charge in [0, 0.05) is 12.4 Å². The zero-order valence-electron chi connectivity index (χ0n) is 14.0. The van der Waals surface area contributed by atoms with Gasteiger partial charge in [-0.25, -0.2) is 4.98 Å². The Morgan fingerprint density at radius 1 is 1.29 bits per heavy atom. The Morgan fingerprint density at radius 2 is 2.08 bits per heavy atom. The quantitative estimate of drug-likeness (QED) is 0.403. The number of hydrogen-bond donors (Lipinski definition) is 1. The van der Waals surface area contributed by atoms with E-state index < -0.39 is 0 Å². The van der Waals surface area contributed by atoms with Crippen molar-refractivity contribution in [2.45, 2.75) is 31.5 Å². The molecule has 2 rings (SSSR count). The minimum absolute atomic E-state index is 0.253. The van der Waals surface area contributed by atoms with Gasteiger partial charge in [0.05, 0.1) is 13.0 Å². The molecule has 0 spiro atoms. The molecule has 0 amide bonds. The van der Waals surface area contributed by atoms with Crippen LogP contribution in [0, 0.1) is 5.92 Å². The lowest BCUT2D eigenvalue weighted by Gasteiger charge is -2.17. The Balaban J connectivity index is 1.86. The van der Waals surface area contributed by atoms with Crippen molar-refractivity contribution in [2.24, 2.45) is 5.92 Å². The minimum Gasteiger partial charge on any atom is -0.457 e. The summed E-state index contributed by atoms with van der Waals surface area (Å²) >= 11 is 1.47. The number of nitrogens with zero attached hydrogens (tertiary/aromatic N) is 2. The van der Waals surface area contributed by atoms with Crippen LogP contribution in [-0.2, 0) is 14.3 Å². The Kier molecular flexibility index (Phi) is 7.77. The number of carbonyl (C=O) groups excluding carboxylic acids is 1. The van der Waals surface area contributed by atoms with E-state index in [1.165, 1.54) is 18.1 Å². The number of nitrogens with one attached hydrogen (secondary N) is 1. The number of hydrogen-bond acceptors (Lipinski definition) is 6. The monoisotopic (exact) mass is 349 g/mol. The van der Waals surface area contributed by atoms with Crippen LogP contribution < -0.4 is 0 Å². The van der Waals surface area contributed by atoms with E-state index in [9.17, 15) is 4.79 Å². The molecule has 1 aromatic carbocycles. The highest BCUT2D eigenvalue weighted by Crippen LogP contribution is 2.25.